The van der Waals surface area contributed by atoms with Crippen molar-refractivity contribution in [2.45, 2.75) is 57.5 Å². The second-order valence-electron chi connectivity index (χ2n) is 9.75. The summed E-state index contributed by atoms with van der Waals surface area (Å²) in [5.41, 5.74) is 13.7. The third kappa shape index (κ3) is 6.04. The Morgan fingerprint density at radius 2 is 2.00 bits per heavy atom. The quantitative estimate of drug-likeness (QED) is 0.402. The molecule has 2 aliphatic rings. The first-order valence-corrected chi connectivity index (χ1v) is 11.8. The second kappa shape index (κ2) is 10.7. The fraction of sp³-hybridized carbons (Fsp3) is 0.615. The lowest BCUT2D eigenvalue weighted by atomic mass is 9.84. The van der Waals surface area contributed by atoms with Crippen LogP contribution in [0, 0.1) is 17.3 Å². The minimum absolute atomic E-state index is 0.0390. The molecule has 30 heavy (non-hydrogen) atoms. The number of hydrogen-bond donors (Lipinski definition) is 4. The molecule has 1 saturated carbocycles. The van der Waals surface area contributed by atoms with Crippen LogP contribution in [0.15, 0.2) is 54.6 Å². The van der Waals surface area contributed by atoms with Crippen LogP contribution in [0.2, 0.25) is 0 Å². The van der Waals surface area contributed by atoms with Crippen LogP contribution in [0.1, 0.15) is 45.1 Å². The average Bonchev–Trinajstić information content (AvgIpc) is 3.48. The molecule has 0 aliphatic heterocycles. The van der Waals surface area contributed by atoms with Crippen LogP contribution in [0.3, 0.4) is 0 Å². The van der Waals surface area contributed by atoms with Crippen molar-refractivity contribution >= 4 is 0 Å². The summed E-state index contributed by atoms with van der Waals surface area (Å²) < 4.78 is 0. The van der Waals surface area contributed by atoms with Gasteiger partial charge in [-0.1, -0.05) is 54.6 Å². The van der Waals surface area contributed by atoms with Gasteiger partial charge in [0.05, 0.1) is 0 Å². The van der Waals surface area contributed by atoms with E-state index in [4.69, 9.17) is 11.5 Å². The summed E-state index contributed by atoms with van der Waals surface area (Å²) >= 11 is 0. The van der Waals surface area contributed by atoms with Crippen LogP contribution in [-0.2, 0) is 6.42 Å². The van der Waals surface area contributed by atoms with Crippen molar-refractivity contribution in [2.75, 3.05) is 26.2 Å². The SMILES string of the molecule is CC(NC[C@@](C)(CC1C=CC=CC1)NCCc1ccccc1)C1(CN)CC1CCN. The molecule has 1 aromatic carbocycles. The largest absolute Gasteiger partial charge is 0.330 e. The molecular weight excluding hydrogens is 368 g/mol. The van der Waals surface area contributed by atoms with Crippen LogP contribution in [0.4, 0.5) is 0 Å². The smallest absolute Gasteiger partial charge is 0.0283 e. The highest BCUT2D eigenvalue weighted by Crippen LogP contribution is 2.56. The van der Waals surface area contributed by atoms with Crippen LogP contribution in [0.25, 0.3) is 0 Å². The van der Waals surface area contributed by atoms with E-state index in [0.29, 0.717) is 17.9 Å². The summed E-state index contributed by atoms with van der Waals surface area (Å²) in [5, 5.41) is 7.78. The first-order valence-electron chi connectivity index (χ1n) is 11.8. The zero-order valence-corrected chi connectivity index (χ0v) is 18.9. The van der Waals surface area contributed by atoms with Crippen molar-refractivity contribution in [3.8, 4) is 0 Å². The van der Waals surface area contributed by atoms with Crippen molar-refractivity contribution in [1.82, 2.24) is 10.6 Å². The van der Waals surface area contributed by atoms with Gasteiger partial charge in [-0.15, -0.1) is 0 Å². The molecule has 1 aromatic rings. The molecule has 4 nitrogen and oxygen atoms in total. The first-order chi connectivity index (χ1) is 14.5. The van der Waals surface area contributed by atoms with Crippen LogP contribution in [-0.4, -0.2) is 37.8 Å². The Morgan fingerprint density at radius 3 is 2.67 bits per heavy atom. The highest BCUT2D eigenvalue weighted by Gasteiger charge is 2.55. The summed E-state index contributed by atoms with van der Waals surface area (Å²) in [4.78, 5) is 0. The fourth-order valence-corrected chi connectivity index (χ4v) is 5.25. The Morgan fingerprint density at radius 1 is 1.20 bits per heavy atom. The maximum Gasteiger partial charge on any atom is 0.0283 e. The van der Waals surface area contributed by atoms with Crippen LogP contribution in [0.5, 0.6) is 0 Å². The Kier molecular flexibility index (Phi) is 8.29. The molecule has 4 heteroatoms. The molecule has 3 rings (SSSR count). The normalized spacial score (nSPS) is 28.3. The predicted molar refractivity (Wildman–Crippen MR) is 128 cm³/mol. The van der Waals surface area contributed by atoms with Crippen molar-refractivity contribution in [3.05, 3.63) is 60.2 Å². The molecule has 0 radical (unpaired) electrons. The molecule has 2 aliphatic carbocycles. The summed E-state index contributed by atoms with van der Waals surface area (Å²) in [6.07, 6.45) is 14.6. The second-order valence-corrected chi connectivity index (χ2v) is 9.75. The highest BCUT2D eigenvalue weighted by atomic mass is 15.1. The van der Waals surface area contributed by atoms with Gasteiger partial charge in [0.2, 0.25) is 0 Å². The Balaban J connectivity index is 1.58. The van der Waals surface area contributed by atoms with Crippen LogP contribution >= 0.6 is 0 Å². The summed E-state index contributed by atoms with van der Waals surface area (Å²) in [6.45, 7) is 8.15. The number of rotatable bonds is 13. The maximum atomic E-state index is 6.21. The van der Waals surface area contributed by atoms with Gasteiger partial charge in [-0.3, -0.25) is 0 Å². The van der Waals surface area contributed by atoms with Gasteiger partial charge in [0.1, 0.15) is 0 Å². The minimum Gasteiger partial charge on any atom is -0.330 e. The van der Waals surface area contributed by atoms with Crippen molar-refractivity contribution in [1.29, 1.82) is 0 Å². The van der Waals surface area contributed by atoms with E-state index in [1.54, 1.807) is 0 Å². The molecule has 6 N–H and O–H groups in total. The topological polar surface area (TPSA) is 76.1 Å². The third-order valence-electron chi connectivity index (χ3n) is 7.43. The van der Waals surface area contributed by atoms with Crippen LogP contribution < -0.4 is 22.1 Å². The van der Waals surface area contributed by atoms with Gasteiger partial charge in [0.15, 0.2) is 0 Å². The first kappa shape index (κ1) is 23.2. The third-order valence-corrected chi connectivity index (χ3v) is 7.43. The summed E-state index contributed by atoms with van der Waals surface area (Å²) in [7, 11) is 0. The predicted octanol–water partition coefficient (Wildman–Crippen LogP) is 3.39. The molecule has 0 aromatic heterocycles. The molecule has 0 heterocycles. The number of benzene rings is 1. The molecule has 0 spiro atoms. The fourth-order valence-electron chi connectivity index (χ4n) is 5.25. The maximum absolute atomic E-state index is 6.21. The molecule has 0 bridgehead atoms. The molecule has 5 atom stereocenters. The number of allylic oxidation sites excluding steroid dienone is 4. The van der Waals surface area contributed by atoms with Gasteiger partial charge in [-0.2, -0.15) is 0 Å². The molecule has 1 fully saturated rings. The summed E-state index contributed by atoms with van der Waals surface area (Å²) in [5.74, 6) is 1.27. The minimum atomic E-state index is 0.0390. The van der Waals surface area contributed by atoms with E-state index in [9.17, 15) is 0 Å². The van der Waals surface area contributed by atoms with E-state index < -0.39 is 0 Å². The molecule has 4 unspecified atom stereocenters. The summed E-state index contributed by atoms with van der Waals surface area (Å²) in [6, 6.07) is 11.2. The number of hydrogen-bond acceptors (Lipinski definition) is 4. The van der Waals surface area contributed by atoms with E-state index >= 15 is 0 Å². The molecule has 166 valence electrons. The standard InChI is InChI=1S/C26H42N4/c1-21(26(19-28)18-24(26)13-15-27)29-20-25(2,17-23-11-7-4-8-12-23)30-16-14-22-9-5-3-6-10-22/h3-11,21,23-24,29-30H,12-20,27-28H2,1-2H3/t21?,23?,24?,25-,26?/m1/s1. The Hall–Kier alpha value is -1.46. The van der Waals surface area contributed by atoms with Gasteiger partial charge in [-0.05, 0) is 83.0 Å². The molecule has 0 saturated heterocycles. The molecule has 0 amide bonds. The average molecular weight is 411 g/mol. The van der Waals surface area contributed by atoms with Gasteiger partial charge in [-0.25, -0.2) is 0 Å². The lowest BCUT2D eigenvalue weighted by Crippen LogP contribution is -2.55. The van der Waals surface area contributed by atoms with E-state index in [1.807, 2.05) is 0 Å². The number of nitrogens with one attached hydrogen (secondary N) is 2. The van der Waals surface area contributed by atoms with E-state index in [0.717, 1.165) is 51.9 Å². The lowest BCUT2D eigenvalue weighted by molar-refractivity contribution is 0.245. The van der Waals surface area contributed by atoms with E-state index in [1.165, 1.54) is 12.0 Å². The van der Waals surface area contributed by atoms with Gasteiger partial charge < -0.3 is 22.1 Å². The Bertz CT molecular complexity index is 700. The lowest BCUT2D eigenvalue weighted by Gasteiger charge is -2.37. The van der Waals surface area contributed by atoms with Crippen molar-refractivity contribution < 1.29 is 0 Å². The van der Waals surface area contributed by atoms with Gasteiger partial charge in [0.25, 0.3) is 0 Å². The zero-order chi connectivity index (χ0) is 21.5. The zero-order valence-electron chi connectivity index (χ0n) is 18.9. The van der Waals surface area contributed by atoms with E-state index in [2.05, 4.69) is 79.1 Å². The van der Waals surface area contributed by atoms with Crippen molar-refractivity contribution in [3.63, 3.8) is 0 Å². The van der Waals surface area contributed by atoms with Gasteiger partial charge >= 0.3 is 0 Å². The number of nitrogens with two attached hydrogens (primary N) is 2. The highest BCUT2D eigenvalue weighted by molar-refractivity contribution is 5.16. The monoisotopic (exact) mass is 410 g/mol. The van der Waals surface area contributed by atoms with Crippen molar-refractivity contribution in [2.24, 2.45) is 28.7 Å². The molecular formula is C26H42N4. The van der Waals surface area contributed by atoms with E-state index in [-0.39, 0.29) is 11.0 Å². The Labute approximate surface area is 183 Å². The van der Waals surface area contributed by atoms with Gasteiger partial charge in [0, 0.05) is 23.5 Å².